The molecule has 0 saturated carbocycles. The van der Waals surface area contributed by atoms with Crippen LogP contribution < -0.4 is 10.2 Å². The number of halogens is 1. The Hall–Kier alpha value is -2.15. The summed E-state index contributed by atoms with van der Waals surface area (Å²) in [6.45, 7) is 4.35. The monoisotopic (exact) mass is 401 g/mol. The summed E-state index contributed by atoms with van der Waals surface area (Å²) in [5.41, 5.74) is 1.71. The Morgan fingerprint density at radius 2 is 1.96 bits per heavy atom. The lowest BCUT2D eigenvalue weighted by atomic mass is 10.1. The zero-order chi connectivity index (χ0) is 20.1. The third-order valence-corrected chi connectivity index (χ3v) is 5.38. The second-order valence-electron chi connectivity index (χ2n) is 7.44. The van der Waals surface area contributed by atoms with Gasteiger partial charge in [0.25, 0.3) is 5.91 Å². The number of amides is 1. The number of anilines is 1. The molecule has 1 aromatic carbocycles. The Labute approximate surface area is 172 Å². The van der Waals surface area contributed by atoms with Crippen LogP contribution in [0.1, 0.15) is 22.0 Å². The van der Waals surface area contributed by atoms with E-state index in [1.165, 1.54) is 0 Å². The summed E-state index contributed by atoms with van der Waals surface area (Å²) in [6.07, 6.45) is 1.71. The number of aromatic nitrogens is 1. The molecule has 0 spiro atoms. The minimum atomic E-state index is -0.0911. The van der Waals surface area contributed by atoms with Gasteiger partial charge in [-0.05, 0) is 51.0 Å². The van der Waals surface area contributed by atoms with Gasteiger partial charge in [0.15, 0.2) is 0 Å². The van der Waals surface area contributed by atoms with Gasteiger partial charge in [0, 0.05) is 49.5 Å². The molecule has 2 aromatic rings. The van der Waals surface area contributed by atoms with Crippen molar-refractivity contribution < 1.29 is 4.79 Å². The predicted octanol–water partition coefficient (Wildman–Crippen LogP) is 2.52. The summed E-state index contributed by atoms with van der Waals surface area (Å²) in [5.74, 6) is 0.770. The van der Waals surface area contributed by atoms with Crippen molar-refractivity contribution in [2.75, 3.05) is 58.8 Å². The largest absolute Gasteiger partial charge is 0.354 e. The van der Waals surface area contributed by atoms with Crippen molar-refractivity contribution in [3.8, 4) is 0 Å². The Morgan fingerprint density at radius 1 is 1.21 bits per heavy atom. The van der Waals surface area contributed by atoms with E-state index in [9.17, 15) is 4.79 Å². The number of likely N-dealkylation sites (N-methyl/N-ethyl adjacent to an activating group) is 2. The van der Waals surface area contributed by atoms with Crippen LogP contribution in [0, 0.1) is 0 Å². The zero-order valence-corrected chi connectivity index (χ0v) is 17.5. The SMILES string of the molecule is CN1CCN(c2cc(C(=O)NCC(c3cccc(Cl)c3)N(C)C)ccn2)CC1. The summed E-state index contributed by atoms with van der Waals surface area (Å²) in [5, 5.41) is 3.75. The summed E-state index contributed by atoms with van der Waals surface area (Å²) in [6, 6.07) is 11.4. The Balaban J connectivity index is 1.66. The maximum absolute atomic E-state index is 12.7. The summed E-state index contributed by atoms with van der Waals surface area (Å²) in [4.78, 5) is 23.8. The van der Waals surface area contributed by atoms with Gasteiger partial charge in [-0.2, -0.15) is 0 Å². The lowest BCUT2D eigenvalue weighted by Crippen LogP contribution is -2.44. The van der Waals surface area contributed by atoms with Gasteiger partial charge < -0.3 is 20.0 Å². The standard InChI is InChI=1S/C21H28ClN5O/c1-25(2)19(16-5-4-6-18(22)13-16)15-24-21(28)17-7-8-23-20(14-17)27-11-9-26(3)10-12-27/h4-8,13-14,19H,9-12,15H2,1-3H3,(H,24,28). The first-order valence-electron chi connectivity index (χ1n) is 9.53. The van der Waals surface area contributed by atoms with E-state index in [1.807, 2.05) is 44.4 Å². The fourth-order valence-corrected chi connectivity index (χ4v) is 3.57. The van der Waals surface area contributed by atoms with Crippen molar-refractivity contribution in [1.82, 2.24) is 20.1 Å². The summed E-state index contributed by atoms with van der Waals surface area (Å²) < 4.78 is 0. The normalized spacial score (nSPS) is 16.2. The number of carbonyl (C=O) groups is 1. The van der Waals surface area contributed by atoms with E-state index < -0.39 is 0 Å². The molecule has 1 saturated heterocycles. The molecule has 150 valence electrons. The third-order valence-electron chi connectivity index (χ3n) is 5.15. The van der Waals surface area contributed by atoms with Gasteiger partial charge in [-0.3, -0.25) is 4.79 Å². The molecule has 28 heavy (non-hydrogen) atoms. The zero-order valence-electron chi connectivity index (χ0n) is 16.7. The topological polar surface area (TPSA) is 51.7 Å². The number of pyridine rings is 1. The molecule has 1 aliphatic heterocycles. The highest BCUT2D eigenvalue weighted by Crippen LogP contribution is 2.21. The highest BCUT2D eigenvalue weighted by atomic mass is 35.5. The van der Waals surface area contributed by atoms with Gasteiger partial charge in [0.2, 0.25) is 0 Å². The fraction of sp³-hybridized carbons (Fsp3) is 0.429. The molecule has 1 atom stereocenters. The van der Waals surface area contributed by atoms with Crippen molar-refractivity contribution in [2.24, 2.45) is 0 Å². The number of benzene rings is 1. The van der Waals surface area contributed by atoms with Crippen molar-refractivity contribution in [2.45, 2.75) is 6.04 Å². The van der Waals surface area contributed by atoms with Crippen molar-refractivity contribution in [1.29, 1.82) is 0 Å². The van der Waals surface area contributed by atoms with Crippen LogP contribution in [-0.2, 0) is 0 Å². The van der Waals surface area contributed by atoms with Gasteiger partial charge >= 0.3 is 0 Å². The molecule has 6 nitrogen and oxygen atoms in total. The molecule has 7 heteroatoms. The average molecular weight is 402 g/mol. The number of hydrogen-bond donors (Lipinski definition) is 1. The molecule has 1 fully saturated rings. The average Bonchev–Trinajstić information content (AvgIpc) is 2.68. The summed E-state index contributed by atoms with van der Waals surface area (Å²) in [7, 11) is 6.11. The second-order valence-corrected chi connectivity index (χ2v) is 7.87. The van der Waals surface area contributed by atoms with Crippen LogP contribution in [-0.4, -0.2) is 74.6 Å². The van der Waals surface area contributed by atoms with Gasteiger partial charge in [-0.1, -0.05) is 23.7 Å². The smallest absolute Gasteiger partial charge is 0.251 e. The van der Waals surface area contributed by atoms with E-state index in [0.29, 0.717) is 17.1 Å². The molecule has 1 N–H and O–H groups in total. The molecule has 0 radical (unpaired) electrons. The summed E-state index contributed by atoms with van der Waals surface area (Å²) >= 11 is 6.13. The minimum Gasteiger partial charge on any atom is -0.354 e. The molecule has 1 amide bonds. The predicted molar refractivity (Wildman–Crippen MR) is 114 cm³/mol. The lowest BCUT2D eigenvalue weighted by Gasteiger charge is -2.33. The molecule has 0 bridgehead atoms. The Bertz CT molecular complexity index is 805. The van der Waals surface area contributed by atoms with E-state index >= 15 is 0 Å². The van der Waals surface area contributed by atoms with Crippen molar-refractivity contribution in [3.05, 3.63) is 58.7 Å². The van der Waals surface area contributed by atoms with Crippen LogP contribution in [0.4, 0.5) is 5.82 Å². The first kappa shape index (κ1) is 20.6. The van der Waals surface area contributed by atoms with Crippen LogP contribution >= 0.6 is 11.6 Å². The van der Waals surface area contributed by atoms with Gasteiger partial charge in [0.05, 0.1) is 6.04 Å². The highest BCUT2D eigenvalue weighted by molar-refractivity contribution is 6.30. The van der Waals surface area contributed by atoms with Crippen LogP contribution in [0.25, 0.3) is 0 Å². The molecular weight excluding hydrogens is 374 g/mol. The maximum Gasteiger partial charge on any atom is 0.251 e. The van der Waals surface area contributed by atoms with Crippen LogP contribution in [0.5, 0.6) is 0 Å². The van der Waals surface area contributed by atoms with Gasteiger partial charge in [-0.15, -0.1) is 0 Å². The number of nitrogens with one attached hydrogen (secondary N) is 1. The molecular formula is C21H28ClN5O. The van der Waals surface area contributed by atoms with Crippen LogP contribution in [0.2, 0.25) is 5.02 Å². The Morgan fingerprint density at radius 3 is 2.64 bits per heavy atom. The van der Waals surface area contributed by atoms with Gasteiger partial charge in [-0.25, -0.2) is 4.98 Å². The van der Waals surface area contributed by atoms with E-state index in [-0.39, 0.29) is 11.9 Å². The van der Waals surface area contributed by atoms with Gasteiger partial charge in [0.1, 0.15) is 5.82 Å². The van der Waals surface area contributed by atoms with Crippen molar-refractivity contribution in [3.63, 3.8) is 0 Å². The number of rotatable bonds is 6. The fourth-order valence-electron chi connectivity index (χ4n) is 3.37. The van der Waals surface area contributed by atoms with Crippen LogP contribution in [0.15, 0.2) is 42.6 Å². The number of carbonyl (C=O) groups excluding carboxylic acids is 1. The van der Waals surface area contributed by atoms with Crippen LogP contribution in [0.3, 0.4) is 0 Å². The molecule has 0 aliphatic carbocycles. The molecule has 1 aromatic heterocycles. The highest BCUT2D eigenvalue weighted by Gasteiger charge is 2.19. The van der Waals surface area contributed by atoms with E-state index in [0.717, 1.165) is 37.6 Å². The van der Waals surface area contributed by atoms with E-state index in [4.69, 9.17) is 11.6 Å². The third kappa shape index (κ3) is 5.22. The quantitative estimate of drug-likeness (QED) is 0.806. The molecule has 1 aliphatic rings. The van der Waals surface area contributed by atoms with Crippen molar-refractivity contribution >= 4 is 23.3 Å². The number of piperazine rings is 1. The lowest BCUT2D eigenvalue weighted by molar-refractivity contribution is 0.0942. The first-order chi connectivity index (χ1) is 13.4. The first-order valence-corrected chi connectivity index (χ1v) is 9.91. The number of nitrogens with zero attached hydrogens (tertiary/aromatic N) is 4. The molecule has 2 heterocycles. The second kappa shape index (κ2) is 9.37. The van der Waals surface area contributed by atoms with E-state index in [2.05, 4.69) is 32.0 Å². The minimum absolute atomic E-state index is 0.0431. The molecule has 3 rings (SSSR count). The number of hydrogen-bond acceptors (Lipinski definition) is 5. The van der Waals surface area contributed by atoms with E-state index in [1.54, 1.807) is 12.3 Å². The molecule has 1 unspecified atom stereocenters. The Kier molecular flexibility index (Phi) is 6.88. The maximum atomic E-state index is 12.7.